The molecule has 2 rings (SSSR count). The highest BCUT2D eigenvalue weighted by molar-refractivity contribution is 6.02. The zero-order chi connectivity index (χ0) is 20.4. The first-order chi connectivity index (χ1) is 12.5. The third-order valence-corrected chi connectivity index (χ3v) is 3.88. The number of alkyl halides is 3. The van der Waals surface area contributed by atoms with Crippen LogP contribution in [0.3, 0.4) is 0 Å². The van der Waals surface area contributed by atoms with Crippen molar-refractivity contribution < 1.29 is 32.3 Å². The van der Waals surface area contributed by atoms with Gasteiger partial charge in [0.25, 0.3) is 0 Å². The quantitative estimate of drug-likeness (QED) is 0.612. The van der Waals surface area contributed by atoms with E-state index in [1.165, 1.54) is 26.0 Å². The first-order valence-electron chi connectivity index (χ1n) is 7.82. The molecule has 2 N–H and O–H groups in total. The summed E-state index contributed by atoms with van der Waals surface area (Å²) in [6.07, 6.45) is -4.89. The first kappa shape index (κ1) is 20.2. The number of ether oxygens (including phenoxy) is 1. The Morgan fingerprint density at radius 3 is 2.44 bits per heavy atom. The highest BCUT2D eigenvalue weighted by Gasteiger charge is 2.30. The lowest BCUT2D eigenvalue weighted by molar-refractivity contribution is -0.137. The highest BCUT2D eigenvalue weighted by atomic mass is 19.4. The fraction of sp³-hybridized carbons (Fsp3) is 0.278. The molecule has 27 heavy (non-hydrogen) atoms. The van der Waals surface area contributed by atoms with Gasteiger partial charge in [-0.1, -0.05) is 6.07 Å². The average molecular weight is 382 g/mol. The lowest BCUT2D eigenvalue weighted by Gasteiger charge is -2.10. The number of anilines is 1. The number of halogens is 3. The summed E-state index contributed by atoms with van der Waals surface area (Å²) in [6.45, 7) is 2.83. The van der Waals surface area contributed by atoms with Crippen LogP contribution in [0.5, 0.6) is 0 Å². The van der Waals surface area contributed by atoms with Crippen LogP contribution in [0.15, 0.2) is 24.3 Å². The zero-order valence-corrected chi connectivity index (χ0v) is 14.8. The molecule has 1 heterocycles. The Morgan fingerprint density at radius 2 is 1.89 bits per heavy atom. The molecule has 9 heteroatoms. The molecule has 1 aromatic heterocycles. The molecule has 0 aliphatic rings. The second kappa shape index (κ2) is 7.65. The van der Waals surface area contributed by atoms with Crippen LogP contribution in [0, 0.1) is 6.92 Å². The topological polar surface area (TPSA) is 88.3 Å². The number of methoxy groups -OCH3 is 1. The number of amides is 1. The SMILES string of the molecule is COC(=O)c1c(CC(=O)Nc2cccc(C(F)(F)F)c2)[nH]c(C(C)=O)c1C. The number of aromatic nitrogens is 1. The van der Waals surface area contributed by atoms with E-state index in [2.05, 4.69) is 15.0 Å². The maximum Gasteiger partial charge on any atom is 0.416 e. The molecule has 0 spiro atoms. The molecule has 6 nitrogen and oxygen atoms in total. The molecule has 0 bridgehead atoms. The van der Waals surface area contributed by atoms with E-state index < -0.39 is 23.6 Å². The first-order valence-corrected chi connectivity index (χ1v) is 7.82. The Kier molecular flexibility index (Phi) is 5.72. The molecule has 0 saturated heterocycles. The highest BCUT2D eigenvalue weighted by Crippen LogP contribution is 2.30. The van der Waals surface area contributed by atoms with Crippen molar-refractivity contribution in [2.24, 2.45) is 0 Å². The minimum atomic E-state index is -4.54. The molecule has 0 unspecified atom stereocenters. The van der Waals surface area contributed by atoms with E-state index in [1.54, 1.807) is 0 Å². The van der Waals surface area contributed by atoms with E-state index in [0.29, 0.717) is 5.56 Å². The number of ketones is 1. The van der Waals surface area contributed by atoms with Crippen LogP contribution in [0.2, 0.25) is 0 Å². The van der Waals surface area contributed by atoms with Gasteiger partial charge in [0.05, 0.1) is 30.4 Å². The molecule has 0 aliphatic carbocycles. The number of esters is 1. The predicted octanol–water partition coefficient (Wildman–Crippen LogP) is 3.51. The number of nitrogens with one attached hydrogen (secondary N) is 2. The number of hydrogen-bond donors (Lipinski definition) is 2. The minimum Gasteiger partial charge on any atom is -0.465 e. The summed E-state index contributed by atoms with van der Waals surface area (Å²) in [7, 11) is 1.16. The van der Waals surface area contributed by atoms with Crippen LogP contribution in [0.1, 0.15) is 44.6 Å². The number of hydrogen-bond acceptors (Lipinski definition) is 4. The Labute approximate surface area is 152 Å². The van der Waals surface area contributed by atoms with Crippen molar-refractivity contribution in [1.82, 2.24) is 4.98 Å². The van der Waals surface area contributed by atoms with E-state index >= 15 is 0 Å². The Bertz CT molecular complexity index is 900. The maximum atomic E-state index is 12.8. The summed E-state index contributed by atoms with van der Waals surface area (Å²) in [6, 6.07) is 4.18. The molecule has 2 aromatic rings. The normalized spacial score (nSPS) is 11.2. The zero-order valence-electron chi connectivity index (χ0n) is 14.8. The van der Waals surface area contributed by atoms with Gasteiger partial charge in [0, 0.05) is 18.3 Å². The van der Waals surface area contributed by atoms with Crippen molar-refractivity contribution in [2.45, 2.75) is 26.4 Å². The average Bonchev–Trinajstić information content (AvgIpc) is 2.90. The van der Waals surface area contributed by atoms with Gasteiger partial charge in [0.15, 0.2) is 5.78 Å². The monoisotopic (exact) mass is 382 g/mol. The number of H-pyrrole nitrogens is 1. The number of benzene rings is 1. The molecule has 0 atom stereocenters. The molecule has 0 aliphatic heterocycles. The van der Waals surface area contributed by atoms with Crippen LogP contribution in [0.25, 0.3) is 0 Å². The van der Waals surface area contributed by atoms with Crippen molar-refractivity contribution in [2.75, 3.05) is 12.4 Å². The Morgan fingerprint density at radius 1 is 1.22 bits per heavy atom. The molecule has 0 radical (unpaired) electrons. The van der Waals surface area contributed by atoms with Crippen LogP contribution >= 0.6 is 0 Å². The molecular formula is C18H17F3N2O4. The summed E-state index contributed by atoms with van der Waals surface area (Å²) in [5.41, 5.74) is -0.223. The lowest BCUT2D eigenvalue weighted by Crippen LogP contribution is -2.17. The standard InChI is InChI=1S/C18H17F3N2O4/c1-9-15(17(26)27-3)13(23-16(9)10(2)24)8-14(25)22-12-6-4-5-11(7-12)18(19,20)21/h4-7,23H,8H2,1-3H3,(H,22,25). The van der Waals surface area contributed by atoms with E-state index in [0.717, 1.165) is 19.2 Å². The summed E-state index contributed by atoms with van der Waals surface area (Å²) >= 11 is 0. The third-order valence-electron chi connectivity index (χ3n) is 3.88. The summed E-state index contributed by atoms with van der Waals surface area (Å²) in [5, 5.41) is 2.35. The fourth-order valence-electron chi connectivity index (χ4n) is 2.66. The second-order valence-corrected chi connectivity index (χ2v) is 5.83. The van der Waals surface area contributed by atoms with Crippen LogP contribution in [-0.4, -0.2) is 29.8 Å². The maximum absolute atomic E-state index is 12.8. The van der Waals surface area contributed by atoms with Crippen LogP contribution < -0.4 is 5.32 Å². The molecule has 0 saturated carbocycles. The van der Waals surface area contributed by atoms with Gasteiger partial charge in [-0.3, -0.25) is 9.59 Å². The van der Waals surface area contributed by atoms with Crippen molar-refractivity contribution in [3.05, 3.63) is 52.3 Å². The van der Waals surface area contributed by atoms with Gasteiger partial charge in [-0.2, -0.15) is 13.2 Å². The van der Waals surface area contributed by atoms with Crippen molar-refractivity contribution in [3.63, 3.8) is 0 Å². The van der Waals surface area contributed by atoms with Gasteiger partial charge < -0.3 is 15.0 Å². The smallest absolute Gasteiger partial charge is 0.416 e. The Balaban J connectivity index is 2.27. The van der Waals surface area contributed by atoms with Gasteiger partial charge in [-0.25, -0.2) is 4.79 Å². The number of Topliss-reactive ketones (excluding diaryl/α,β-unsaturated/α-hetero) is 1. The number of aromatic amines is 1. The third kappa shape index (κ3) is 4.55. The van der Waals surface area contributed by atoms with E-state index in [4.69, 9.17) is 0 Å². The van der Waals surface area contributed by atoms with Gasteiger partial charge >= 0.3 is 12.1 Å². The number of rotatable bonds is 5. The summed E-state index contributed by atoms with van der Waals surface area (Å²) < 4.78 is 42.9. The predicted molar refractivity (Wildman–Crippen MR) is 90.7 cm³/mol. The summed E-state index contributed by atoms with van der Waals surface area (Å²) in [4.78, 5) is 38.6. The number of carbonyl (C=O) groups is 3. The van der Waals surface area contributed by atoms with Gasteiger partial charge in [0.1, 0.15) is 0 Å². The van der Waals surface area contributed by atoms with Gasteiger partial charge in [-0.05, 0) is 30.7 Å². The molecule has 1 amide bonds. The van der Waals surface area contributed by atoms with Crippen LogP contribution in [0.4, 0.5) is 18.9 Å². The van der Waals surface area contributed by atoms with Crippen molar-refractivity contribution in [3.8, 4) is 0 Å². The van der Waals surface area contributed by atoms with Crippen molar-refractivity contribution >= 4 is 23.3 Å². The van der Waals surface area contributed by atoms with E-state index in [-0.39, 0.29) is 34.8 Å². The van der Waals surface area contributed by atoms with E-state index in [9.17, 15) is 27.6 Å². The molecule has 144 valence electrons. The largest absolute Gasteiger partial charge is 0.465 e. The van der Waals surface area contributed by atoms with Crippen molar-refractivity contribution in [1.29, 1.82) is 0 Å². The minimum absolute atomic E-state index is 0.0375. The second-order valence-electron chi connectivity index (χ2n) is 5.83. The molecular weight excluding hydrogens is 365 g/mol. The number of carbonyl (C=O) groups excluding carboxylic acids is 3. The van der Waals surface area contributed by atoms with Crippen LogP contribution in [-0.2, 0) is 22.1 Å². The molecule has 0 fully saturated rings. The Hall–Kier alpha value is -3.10. The van der Waals surface area contributed by atoms with Gasteiger partial charge in [-0.15, -0.1) is 0 Å². The molecule has 1 aromatic carbocycles. The summed E-state index contributed by atoms with van der Waals surface area (Å²) in [5.74, 6) is -1.71. The van der Waals surface area contributed by atoms with Gasteiger partial charge in [0.2, 0.25) is 5.91 Å². The lowest BCUT2D eigenvalue weighted by atomic mass is 10.1. The van der Waals surface area contributed by atoms with E-state index in [1.807, 2.05) is 0 Å². The fourth-order valence-corrected chi connectivity index (χ4v) is 2.66.